The second-order valence-electron chi connectivity index (χ2n) is 10.5. The summed E-state index contributed by atoms with van der Waals surface area (Å²) in [6, 6.07) is 20.4. The lowest BCUT2D eigenvalue weighted by molar-refractivity contribution is -0.142. The molecule has 4 rings (SSSR count). The number of pyridine rings is 1. The fourth-order valence-electron chi connectivity index (χ4n) is 4.62. The summed E-state index contributed by atoms with van der Waals surface area (Å²) in [6.07, 6.45) is 3.35. The monoisotopic (exact) mass is 646 g/mol. The Morgan fingerprint density at radius 2 is 1.22 bits per heavy atom. The molecule has 0 saturated heterocycles. The van der Waals surface area contributed by atoms with Crippen molar-refractivity contribution in [2.75, 3.05) is 0 Å². The number of benzene rings is 3. The molecule has 3 amide bonds. The topological polar surface area (TPSA) is 175 Å². The first-order chi connectivity index (χ1) is 21.9. The van der Waals surface area contributed by atoms with Crippen molar-refractivity contribution in [1.82, 2.24) is 20.9 Å². The SMILES string of the molecule is CC(=O)N[C@H](Cc1ccc2ccccc2c1)C(=O)N[C@H](Cc1ccc(Cl)cc1)C(=O)N[C@H](Cc1cccnc1)C(=O)O.CC(=O)O. The van der Waals surface area contributed by atoms with Crippen LogP contribution in [0.2, 0.25) is 5.02 Å². The van der Waals surface area contributed by atoms with E-state index in [9.17, 15) is 24.3 Å². The normalized spacial score (nSPS) is 12.4. The highest BCUT2D eigenvalue weighted by molar-refractivity contribution is 6.30. The van der Waals surface area contributed by atoms with E-state index in [4.69, 9.17) is 21.5 Å². The number of amides is 3. The Kier molecular flexibility index (Phi) is 13.2. The van der Waals surface area contributed by atoms with Crippen LogP contribution >= 0.6 is 11.6 Å². The van der Waals surface area contributed by atoms with Crippen molar-refractivity contribution in [3.05, 3.63) is 113 Å². The van der Waals surface area contributed by atoms with E-state index in [1.54, 1.807) is 42.6 Å². The molecule has 12 heteroatoms. The lowest BCUT2D eigenvalue weighted by Gasteiger charge is -2.25. The van der Waals surface area contributed by atoms with Crippen molar-refractivity contribution in [1.29, 1.82) is 0 Å². The summed E-state index contributed by atoms with van der Waals surface area (Å²) in [5.74, 6) is -3.72. The number of carbonyl (C=O) groups is 5. The van der Waals surface area contributed by atoms with Gasteiger partial charge in [-0.3, -0.25) is 24.2 Å². The van der Waals surface area contributed by atoms with Gasteiger partial charge in [-0.25, -0.2) is 4.79 Å². The number of aromatic nitrogens is 1. The van der Waals surface area contributed by atoms with Crippen LogP contribution in [0.3, 0.4) is 0 Å². The number of carboxylic acids is 2. The maximum Gasteiger partial charge on any atom is 0.326 e. The largest absolute Gasteiger partial charge is 0.481 e. The number of aliphatic carboxylic acids is 2. The van der Waals surface area contributed by atoms with E-state index in [0.29, 0.717) is 16.1 Å². The van der Waals surface area contributed by atoms with E-state index in [0.717, 1.165) is 23.3 Å². The predicted octanol–water partition coefficient (Wildman–Crippen LogP) is 3.57. The van der Waals surface area contributed by atoms with Gasteiger partial charge in [0.1, 0.15) is 18.1 Å². The zero-order valence-corrected chi connectivity index (χ0v) is 26.0. The Balaban J connectivity index is 0.00000136. The Morgan fingerprint density at radius 3 is 1.80 bits per heavy atom. The summed E-state index contributed by atoms with van der Waals surface area (Å²) in [5.41, 5.74) is 2.15. The highest BCUT2D eigenvalue weighted by Crippen LogP contribution is 2.17. The molecular weight excluding hydrogens is 612 g/mol. The number of rotatable bonds is 12. The molecule has 0 bridgehead atoms. The van der Waals surface area contributed by atoms with E-state index >= 15 is 0 Å². The van der Waals surface area contributed by atoms with Crippen molar-refractivity contribution in [2.45, 2.75) is 51.2 Å². The van der Waals surface area contributed by atoms with E-state index in [1.807, 2.05) is 42.5 Å². The number of halogens is 1. The van der Waals surface area contributed by atoms with Gasteiger partial charge in [0.15, 0.2) is 0 Å². The average molecular weight is 647 g/mol. The zero-order chi connectivity index (χ0) is 33.6. The molecule has 0 aliphatic carbocycles. The van der Waals surface area contributed by atoms with Crippen LogP contribution < -0.4 is 16.0 Å². The third-order valence-corrected chi connectivity index (χ3v) is 6.96. The van der Waals surface area contributed by atoms with Gasteiger partial charge in [-0.05, 0) is 45.7 Å². The van der Waals surface area contributed by atoms with Crippen LogP contribution in [-0.4, -0.2) is 63.0 Å². The van der Waals surface area contributed by atoms with E-state index < -0.39 is 47.8 Å². The van der Waals surface area contributed by atoms with Crippen LogP contribution in [0.15, 0.2) is 91.3 Å². The van der Waals surface area contributed by atoms with Gasteiger partial charge in [0.25, 0.3) is 5.97 Å². The lowest BCUT2D eigenvalue weighted by atomic mass is 9.99. The number of nitrogens with zero attached hydrogens (tertiary/aromatic N) is 1. The van der Waals surface area contributed by atoms with E-state index in [1.165, 1.54) is 13.1 Å². The minimum atomic E-state index is -1.25. The molecule has 1 heterocycles. The van der Waals surface area contributed by atoms with Crippen molar-refractivity contribution >= 4 is 52.0 Å². The van der Waals surface area contributed by atoms with E-state index in [-0.39, 0.29) is 19.3 Å². The molecule has 0 spiro atoms. The van der Waals surface area contributed by atoms with Gasteiger partial charge in [-0.15, -0.1) is 0 Å². The summed E-state index contributed by atoms with van der Waals surface area (Å²) in [5, 5.41) is 27.8. The second-order valence-corrected chi connectivity index (χ2v) is 11.0. The van der Waals surface area contributed by atoms with Gasteiger partial charge < -0.3 is 26.2 Å². The first-order valence-electron chi connectivity index (χ1n) is 14.3. The standard InChI is InChI=1S/C32H31ClN4O5.C2H4O2/c1-20(38)35-27(17-22-8-11-24-6-2-3-7-25(24)15-22)30(39)36-28(16-21-9-12-26(33)13-10-21)31(40)37-29(32(41)42)18-23-5-4-14-34-19-23;1-2(3)4/h2-15,19,27-29H,16-18H2,1H3,(H,35,38)(H,36,39)(H,37,40)(H,41,42);1H3,(H,3,4)/t27-,28-,29-;/m1./s1. The van der Waals surface area contributed by atoms with Crippen LogP contribution in [0, 0.1) is 0 Å². The molecule has 5 N–H and O–H groups in total. The van der Waals surface area contributed by atoms with Crippen LogP contribution in [0.1, 0.15) is 30.5 Å². The van der Waals surface area contributed by atoms with Crippen LogP contribution in [0.5, 0.6) is 0 Å². The maximum absolute atomic E-state index is 13.6. The van der Waals surface area contributed by atoms with Crippen LogP contribution in [0.25, 0.3) is 10.8 Å². The Hall–Kier alpha value is -5.29. The second kappa shape index (κ2) is 17.3. The number of hydrogen-bond donors (Lipinski definition) is 5. The third kappa shape index (κ3) is 11.7. The van der Waals surface area contributed by atoms with E-state index in [2.05, 4.69) is 20.9 Å². The minimum absolute atomic E-state index is 0.00695. The van der Waals surface area contributed by atoms with Gasteiger partial charge in [0.05, 0.1) is 0 Å². The molecule has 3 atom stereocenters. The number of hydrogen-bond acceptors (Lipinski definition) is 6. The molecule has 4 aromatic rings. The maximum atomic E-state index is 13.6. The molecular formula is C34H35ClN4O7. The Bertz CT molecular complexity index is 1660. The van der Waals surface area contributed by atoms with Crippen molar-refractivity contribution in [3.8, 4) is 0 Å². The fraction of sp³-hybridized carbons (Fsp3) is 0.235. The Labute approximate surface area is 271 Å². The van der Waals surface area contributed by atoms with Gasteiger partial charge in [0.2, 0.25) is 17.7 Å². The number of carbonyl (C=O) groups excluding carboxylic acids is 3. The fourth-order valence-corrected chi connectivity index (χ4v) is 4.75. The molecule has 11 nitrogen and oxygen atoms in total. The molecule has 0 fully saturated rings. The van der Waals surface area contributed by atoms with Gasteiger partial charge in [-0.2, -0.15) is 0 Å². The van der Waals surface area contributed by atoms with Crippen LogP contribution in [0.4, 0.5) is 0 Å². The van der Waals surface area contributed by atoms with Crippen molar-refractivity contribution in [3.63, 3.8) is 0 Å². The van der Waals surface area contributed by atoms with Gasteiger partial charge in [0, 0.05) is 50.5 Å². The zero-order valence-electron chi connectivity index (χ0n) is 25.3. The first-order valence-corrected chi connectivity index (χ1v) is 14.7. The summed E-state index contributed by atoms with van der Waals surface area (Å²) in [4.78, 5) is 64.1. The molecule has 0 unspecified atom stereocenters. The lowest BCUT2D eigenvalue weighted by Crippen LogP contribution is -2.57. The summed E-state index contributed by atoms with van der Waals surface area (Å²) < 4.78 is 0. The highest BCUT2D eigenvalue weighted by Gasteiger charge is 2.30. The molecule has 0 radical (unpaired) electrons. The molecule has 0 saturated carbocycles. The Morgan fingerprint density at radius 1 is 0.674 bits per heavy atom. The number of carboxylic acid groups (broad SMARTS) is 2. The molecule has 240 valence electrons. The first kappa shape index (κ1) is 35.2. The van der Waals surface area contributed by atoms with Gasteiger partial charge in [-0.1, -0.05) is 72.3 Å². The highest BCUT2D eigenvalue weighted by atomic mass is 35.5. The van der Waals surface area contributed by atoms with Crippen molar-refractivity contribution < 1.29 is 34.2 Å². The van der Waals surface area contributed by atoms with Crippen LogP contribution in [-0.2, 0) is 43.2 Å². The smallest absolute Gasteiger partial charge is 0.326 e. The summed E-state index contributed by atoms with van der Waals surface area (Å²) in [6.45, 7) is 2.40. The summed E-state index contributed by atoms with van der Waals surface area (Å²) in [7, 11) is 0. The molecule has 46 heavy (non-hydrogen) atoms. The number of fused-ring (bicyclic) bond motifs is 1. The van der Waals surface area contributed by atoms with Gasteiger partial charge >= 0.3 is 5.97 Å². The quantitative estimate of drug-likeness (QED) is 0.155. The van der Waals surface area contributed by atoms with Crippen molar-refractivity contribution in [2.24, 2.45) is 0 Å². The molecule has 1 aromatic heterocycles. The minimum Gasteiger partial charge on any atom is -0.481 e. The molecule has 3 aromatic carbocycles. The molecule has 0 aliphatic rings. The average Bonchev–Trinajstić information content (AvgIpc) is 3.01. The predicted molar refractivity (Wildman–Crippen MR) is 173 cm³/mol. The molecule has 0 aliphatic heterocycles. The third-order valence-electron chi connectivity index (χ3n) is 6.71. The number of nitrogens with one attached hydrogen (secondary N) is 3. The summed E-state index contributed by atoms with van der Waals surface area (Å²) >= 11 is 6.02.